The zero-order valence-corrected chi connectivity index (χ0v) is 35.9. The molecule has 0 heterocycles. The molecule has 0 radical (unpaired) electrons. The number of nitrogens with zero attached hydrogens (tertiary/aromatic N) is 1. The largest absolute Gasteiger partial charge is 0.310 e. The van der Waals surface area contributed by atoms with Crippen LogP contribution in [-0.4, -0.2) is 0 Å². The average molecular weight is 806 g/mol. The van der Waals surface area contributed by atoms with E-state index in [4.69, 9.17) is 0 Å². The van der Waals surface area contributed by atoms with E-state index in [0.717, 1.165) is 17.1 Å². The Morgan fingerprint density at radius 3 is 1.38 bits per heavy atom. The number of hydrogen-bond donors (Lipinski definition) is 0. The summed E-state index contributed by atoms with van der Waals surface area (Å²) < 4.78 is 0. The number of aryl methyl sites for hydroxylation is 1. The lowest BCUT2D eigenvalue weighted by atomic mass is 9.82. The summed E-state index contributed by atoms with van der Waals surface area (Å²) in [5.41, 5.74) is 22.0. The molecule has 10 aromatic rings. The van der Waals surface area contributed by atoms with E-state index in [-0.39, 0.29) is 5.41 Å². The smallest absolute Gasteiger partial charge is 0.0465 e. The predicted molar refractivity (Wildman–Crippen MR) is 268 cm³/mol. The molecule has 63 heavy (non-hydrogen) atoms. The monoisotopic (exact) mass is 805 g/mol. The highest BCUT2D eigenvalue weighted by atomic mass is 15.1. The maximum atomic E-state index is 2.43. The van der Waals surface area contributed by atoms with Crippen LogP contribution in [0.15, 0.2) is 231 Å². The molecule has 0 saturated heterocycles. The van der Waals surface area contributed by atoms with Crippen molar-refractivity contribution in [3.05, 3.63) is 247 Å². The van der Waals surface area contributed by atoms with Crippen molar-refractivity contribution in [2.75, 3.05) is 4.90 Å². The van der Waals surface area contributed by atoms with E-state index in [1.807, 2.05) is 0 Å². The Labute approximate surface area is 371 Å². The lowest BCUT2D eigenvalue weighted by molar-refractivity contribution is 0.660. The van der Waals surface area contributed by atoms with E-state index < -0.39 is 0 Å². The van der Waals surface area contributed by atoms with Gasteiger partial charge < -0.3 is 4.90 Å². The van der Waals surface area contributed by atoms with Gasteiger partial charge in [-0.3, -0.25) is 0 Å². The minimum atomic E-state index is -0.127. The topological polar surface area (TPSA) is 3.24 Å². The van der Waals surface area contributed by atoms with Gasteiger partial charge in [0.25, 0.3) is 0 Å². The SMILES string of the molecule is Cc1ccccc1-c1cc2ccccc2cc1-c1ccc(N(c2ccc(-c3c(-c4ccccc4)cccc3-c3ccccc3)cc2)c2ccc3c(c2)C(C)(C)c2ccccc2-3)cc1. The summed E-state index contributed by atoms with van der Waals surface area (Å²) in [7, 11) is 0. The van der Waals surface area contributed by atoms with Crippen molar-refractivity contribution in [3.8, 4) is 66.8 Å². The molecule has 0 atom stereocenters. The first kappa shape index (κ1) is 38.2. The average Bonchev–Trinajstić information content (AvgIpc) is 3.57. The van der Waals surface area contributed by atoms with Gasteiger partial charge in [0.05, 0.1) is 0 Å². The Kier molecular flexibility index (Phi) is 9.47. The van der Waals surface area contributed by atoms with Crippen LogP contribution >= 0.6 is 0 Å². The zero-order valence-electron chi connectivity index (χ0n) is 35.9. The number of anilines is 3. The highest BCUT2D eigenvalue weighted by Gasteiger charge is 2.35. The van der Waals surface area contributed by atoms with Crippen LogP contribution in [0.25, 0.3) is 77.5 Å². The third kappa shape index (κ3) is 6.74. The van der Waals surface area contributed by atoms with Crippen LogP contribution in [0.4, 0.5) is 17.1 Å². The number of benzene rings is 10. The molecule has 0 spiro atoms. The first-order valence-corrected chi connectivity index (χ1v) is 22.0. The van der Waals surface area contributed by atoms with Crippen molar-refractivity contribution in [1.29, 1.82) is 0 Å². The van der Waals surface area contributed by atoms with Gasteiger partial charge >= 0.3 is 0 Å². The Balaban J connectivity index is 1.06. The highest BCUT2D eigenvalue weighted by Crippen LogP contribution is 2.51. The van der Waals surface area contributed by atoms with Gasteiger partial charge in [0.1, 0.15) is 0 Å². The van der Waals surface area contributed by atoms with Crippen LogP contribution in [0.5, 0.6) is 0 Å². The summed E-state index contributed by atoms with van der Waals surface area (Å²) in [4.78, 5) is 2.43. The molecule has 0 N–H and O–H groups in total. The van der Waals surface area contributed by atoms with Crippen LogP contribution < -0.4 is 4.90 Å². The minimum Gasteiger partial charge on any atom is -0.310 e. The lowest BCUT2D eigenvalue weighted by Gasteiger charge is -2.28. The lowest BCUT2D eigenvalue weighted by Crippen LogP contribution is -2.16. The predicted octanol–water partition coefficient (Wildman–Crippen LogP) is 17.3. The fourth-order valence-corrected chi connectivity index (χ4v) is 10.0. The molecule has 300 valence electrons. The summed E-state index contributed by atoms with van der Waals surface area (Å²) in [6.07, 6.45) is 0. The number of fused-ring (bicyclic) bond motifs is 4. The van der Waals surface area contributed by atoms with Gasteiger partial charge in [0.15, 0.2) is 0 Å². The molecular formula is C62H47N. The standard InChI is InChI=1S/C62H47N/c1-42-17-10-13-24-52(42)58-40-48-23-12-11-22-47(48)39-57(58)45-29-33-49(34-30-45)63(51-37-38-56-55-25-14-15-28-59(55)62(2,3)60(56)41-51)50-35-31-46(32-36-50)61-53(43-18-6-4-7-19-43)26-16-27-54(61)44-20-8-5-9-21-44/h4-41H,1-3H3. The minimum absolute atomic E-state index is 0.127. The van der Waals surface area contributed by atoms with Crippen LogP contribution in [0.1, 0.15) is 30.5 Å². The van der Waals surface area contributed by atoms with Gasteiger partial charge in [-0.25, -0.2) is 0 Å². The van der Waals surface area contributed by atoms with Gasteiger partial charge in [0.2, 0.25) is 0 Å². The van der Waals surface area contributed by atoms with Crippen LogP contribution in [0.3, 0.4) is 0 Å². The van der Waals surface area contributed by atoms with Crippen molar-refractivity contribution in [2.24, 2.45) is 0 Å². The van der Waals surface area contributed by atoms with E-state index in [1.54, 1.807) is 0 Å². The maximum Gasteiger partial charge on any atom is 0.0465 e. The van der Waals surface area contributed by atoms with E-state index in [1.165, 1.54) is 94.2 Å². The molecule has 0 bridgehead atoms. The molecule has 1 aliphatic carbocycles. The van der Waals surface area contributed by atoms with Gasteiger partial charge in [-0.05, 0) is 150 Å². The first-order chi connectivity index (χ1) is 30.9. The Morgan fingerprint density at radius 2 is 0.762 bits per heavy atom. The summed E-state index contributed by atoms with van der Waals surface area (Å²) >= 11 is 0. The summed E-state index contributed by atoms with van der Waals surface area (Å²) in [5.74, 6) is 0. The van der Waals surface area contributed by atoms with Crippen LogP contribution in [-0.2, 0) is 5.41 Å². The second-order valence-electron chi connectivity index (χ2n) is 17.3. The molecule has 10 aromatic carbocycles. The highest BCUT2D eigenvalue weighted by molar-refractivity contribution is 5.98. The third-order valence-electron chi connectivity index (χ3n) is 13.2. The normalized spacial score (nSPS) is 12.5. The van der Waals surface area contributed by atoms with Crippen molar-refractivity contribution < 1.29 is 0 Å². The summed E-state index contributed by atoms with van der Waals surface area (Å²) in [6.45, 7) is 6.93. The van der Waals surface area contributed by atoms with Crippen LogP contribution in [0, 0.1) is 6.92 Å². The van der Waals surface area contributed by atoms with Gasteiger partial charge in [-0.2, -0.15) is 0 Å². The molecule has 11 rings (SSSR count). The van der Waals surface area contributed by atoms with Gasteiger partial charge in [-0.15, -0.1) is 0 Å². The summed E-state index contributed by atoms with van der Waals surface area (Å²) in [6, 6.07) is 84.7. The fraction of sp³-hybridized carbons (Fsp3) is 0.0645. The van der Waals surface area contributed by atoms with Crippen molar-refractivity contribution in [1.82, 2.24) is 0 Å². The molecule has 0 fully saturated rings. The van der Waals surface area contributed by atoms with Crippen molar-refractivity contribution in [2.45, 2.75) is 26.2 Å². The maximum absolute atomic E-state index is 2.43. The molecule has 0 aromatic heterocycles. The fourth-order valence-electron chi connectivity index (χ4n) is 10.0. The molecule has 1 nitrogen and oxygen atoms in total. The molecule has 0 saturated carbocycles. The molecule has 1 aliphatic rings. The third-order valence-corrected chi connectivity index (χ3v) is 13.2. The van der Waals surface area contributed by atoms with Crippen LogP contribution in [0.2, 0.25) is 0 Å². The van der Waals surface area contributed by atoms with Crippen molar-refractivity contribution >= 4 is 27.8 Å². The quantitative estimate of drug-likeness (QED) is 0.148. The molecule has 0 aliphatic heterocycles. The number of hydrogen-bond acceptors (Lipinski definition) is 1. The molecule has 1 heteroatoms. The van der Waals surface area contributed by atoms with E-state index in [9.17, 15) is 0 Å². The van der Waals surface area contributed by atoms with E-state index >= 15 is 0 Å². The van der Waals surface area contributed by atoms with E-state index in [2.05, 4.69) is 256 Å². The molecular weight excluding hydrogens is 759 g/mol. The number of rotatable bonds is 8. The molecule has 0 amide bonds. The summed E-state index contributed by atoms with van der Waals surface area (Å²) in [5, 5.41) is 2.48. The zero-order chi connectivity index (χ0) is 42.5. The second kappa shape index (κ2) is 15.6. The second-order valence-corrected chi connectivity index (χ2v) is 17.3. The van der Waals surface area contributed by atoms with E-state index in [0.29, 0.717) is 0 Å². The molecule has 0 unspecified atom stereocenters. The first-order valence-electron chi connectivity index (χ1n) is 22.0. The van der Waals surface area contributed by atoms with Gasteiger partial charge in [-0.1, -0.05) is 196 Å². The van der Waals surface area contributed by atoms with Crippen molar-refractivity contribution in [3.63, 3.8) is 0 Å². The Hall–Kier alpha value is -7.74. The van der Waals surface area contributed by atoms with Gasteiger partial charge in [0, 0.05) is 22.5 Å². The Bertz CT molecular complexity index is 3230. The Morgan fingerprint density at radius 1 is 0.302 bits per heavy atom.